The molecule has 2 fully saturated rings. The summed E-state index contributed by atoms with van der Waals surface area (Å²) in [5.41, 5.74) is 8.08. The maximum atomic E-state index is 12.2. The van der Waals surface area contributed by atoms with Crippen LogP contribution in [-0.4, -0.2) is 42.2 Å². The van der Waals surface area contributed by atoms with Crippen LogP contribution in [0, 0.1) is 22.0 Å². The van der Waals surface area contributed by atoms with Crippen LogP contribution in [0.4, 0.5) is 17.1 Å². The Balaban J connectivity index is 1.79. The maximum absolute atomic E-state index is 12.2. The number of carbonyl (C=O) groups excluding carboxylic acids is 1. The van der Waals surface area contributed by atoms with Crippen LogP contribution in [0.2, 0.25) is 0 Å². The summed E-state index contributed by atoms with van der Waals surface area (Å²) < 4.78 is 0. The third kappa shape index (κ3) is 4.71. The molecule has 2 N–H and O–H groups in total. The Hall–Kier alpha value is -2.55. The van der Waals surface area contributed by atoms with Gasteiger partial charge in [0.1, 0.15) is 5.69 Å². The monoisotopic (exact) mass is 443 g/mol. The standard InChI is InChI=1S/C22H29N5O3S/c1-14-3-7-25(8-4-14)17-13-18(26-9-5-15(2)6-10-26)19(27(29)30)11-16(17)12-20-21(28)24-22(23)31-20/h11-15H,3-10H2,1-2H3,(H2,23,24,28)/b20-12-. The van der Waals surface area contributed by atoms with Crippen LogP contribution in [0.5, 0.6) is 0 Å². The van der Waals surface area contributed by atoms with Gasteiger partial charge in [0, 0.05) is 43.5 Å². The van der Waals surface area contributed by atoms with Crippen molar-refractivity contribution < 1.29 is 9.72 Å². The topological polar surface area (TPSA) is 105 Å². The molecule has 9 heteroatoms. The smallest absolute Gasteiger partial charge is 0.293 e. The number of nitro benzene ring substituents is 1. The van der Waals surface area contributed by atoms with E-state index in [1.165, 1.54) is 0 Å². The van der Waals surface area contributed by atoms with Crippen molar-refractivity contribution in [2.45, 2.75) is 39.5 Å². The lowest BCUT2D eigenvalue weighted by molar-refractivity contribution is -0.384. The second kappa shape index (κ2) is 8.90. The number of rotatable bonds is 4. The lowest BCUT2D eigenvalue weighted by Gasteiger charge is -2.35. The fraction of sp³-hybridized carbons (Fsp3) is 0.545. The average molecular weight is 444 g/mol. The minimum Gasteiger partial charge on any atom is -0.378 e. The summed E-state index contributed by atoms with van der Waals surface area (Å²) in [5.74, 6) is 0.912. The number of aliphatic imine (C=N–C) groups is 1. The molecule has 3 heterocycles. The molecule has 1 amide bonds. The van der Waals surface area contributed by atoms with E-state index in [1.54, 1.807) is 12.1 Å². The molecule has 0 unspecified atom stereocenters. The number of amidine groups is 1. The molecule has 166 valence electrons. The molecular formula is C22H29N5O3S. The summed E-state index contributed by atoms with van der Waals surface area (Å²) in [7, 11) is 0. The van der Waals surface area contributed by atoms with Crippen molar-refractivity contribution in [2.24, 2.45) is 22.6 Å². The predicted octanol–water partition coefficient (Wildman–Crippen LogP) is 4.00. The van der Waals surface area contributed by atoms with Crippen LogP contribution in [-0.2, 0) is 4.79 Å². The molecule has 1 aromatic carbocycles. The van der Waals surface area contributed by atoms with Gasteiger partial charge in [-0.3, -0.25) is 14.9 Å². The number of benzene rings is 1. The predicted molar refractivity (Wildman–Crippen MR) is 127 cm³/mol. The molecule has 0 radical (unpaired) electrons. The second-order valence-electron chi connectivity index (χ2n) is 8.86. The minimum atomic E-state index is -0.391. The van der Waals surface area contributed by atoms with E-state index in [-0.39, 0.29) is 15.8 Å². The Morgan fingerprint density at radius 2 is 1.61 bits per heavy atom. The van der Waals surface area contributed by atoms with Gasteiger partial charge < -0.3 is 15.5 Å². The van der Waals surface area contributed by atoms with Crippen molar-refractivity contribution in [3.63, 3.8) is 0 Å². The number of nitro groups is 1. The number of hydrogen-bond acceptors (Lipinski definition) is 7. The lowest BCUT2D eigenvalue weighted by atomic mass is 9.96. The highest BCUT2D eigenvalue weighted by molar-refractivity contribution is 8.18. The molecule has 0 spiro atoms. The van der Waals surface area contributed by atoms with Gasteiger partial charge in [-0.15, -0.1) is 0 Å². The first-order valence-electron chi connectivity index (χ1n) is 10.9. The summed E-state index contributed by atoms with van der Waals surface area (Å²) in [6, 6.07) is 3.58. The largest absolute Gasteiger partial charge is 0.378 e. The highest BCUT2D eigenvalue weighted by Gasteiger charge is 2.29. The van der Waals surface area contributed by atoms with E-state index in [4.69, 9.17) is 5.73 Å². The molecule has 3 aliphatic heterocycles. The van der Waals surface area contributed by atoms with Gasteiger partial charge >= 0.3 is 0 Å². The highest BCUT2D eigenvalue weighted by Crippen LogP contribution is 2.40. The number of amides is 1. The lowest BCUT2D eigenvalue weighted by Crippen LogP contribution is -2.35. The van der Waals surface area contributed by atoms with Crippen LogP contribution in [0.1, 0.15) is 45.1 Å². The molecular weight excluding hydrogens is 414 g/mol. The van der Waals surface area contributed by atoms with Crippen molar-refractivity contribution >= 4 is 46.0 Å². The Labute approximate surface area is 186 Å². The molecule has 0 aromatic heterocycles. The van der Waals surface area contributed by atoms with Gasteiger partial charge in [0.25, 0.3) is 11.6 Å². The molecule has 0 bridgehead atoms. The Kier molecular flexibility index (Phi) is 6.22. The van der Waals surface area contributed by atoms with Gasteiger partial charge in [0.05, 0.1) is 9.83 Å². The normalized spacial score (nSPS) is 22.3. The Morgan fingerprint density at radius 3 is 2.10 bits per heavy atom. The average Bonchev–Trinajstić information content (AvgIpc) is 3.05. The third-order valence-electron chi connectivity index (χ3n) is 6.49. The fourth-order valence-corrected chi connectivity index (χ4v) is 5.11. The van der Waals surface area contributed by atoms with Crippen molar-refractivity contribution in [3.05, 3.63) is 32.7 Å². The zero-order chi connectivity index (χ0) is 22.1. The third-order valence-corrected chi connectivity index (χ3v) is 7.31. The summed E-state index contributed by atoms with van der Waals surface area (Å²) >= 11 is 1.11. The number of thioether (sulfide) groups is 1. The van der Waals surface area contributed by atoms with Crippen molar-refractivity contribution in [2.75, 3.05) is 36.0 Å². The highest BCUT2D eigenvalue weighted by atomic mass is 32.2. The maximum Gasteiger partial charge on any atom is 0.293 e. The van der Waals surface area contributed by atoms with E-state index < -0.39 is 5.91 Å². The molecule has 31 heavy (non-hydrogen) atoms. The van der Waals surface area contributed by atoms with Crippen LogP contribution in [0.15, 0.2) is 22.0 Å². The quantitative estimate of drug-likeness (QED) is 0.426. The molecule has 3 aliphatic rings. The minimum absolute atomic E-state index is 0.0832. The van der Waals surface area contributed by atoms with Gasteiger partial charge in [-0.2, -0.15) is 4.99 Å². The van der Waals surface area contributed by atoms with Gasteiger partial charge in [-0.1, -0.05) is 13.8 Å². The van der Waals surface area contributed by atoms with E-state index >= 15 is 0 Å². The number of hydrogen-bond donors (Lipinski definition) is 1. The number of nitrogens with two attached hydrogens (primary N) is 1. The summed E-state index contributed by atoms with van der Waals surface area (Å²) in [6.07, 6.45) is 5.92. The van der Waals surface area contributed by atoms with Gasteiger partial charge in [0.2, 0.25) is 0 Å². The van der Waals surface area contributed by atoms with Crippen LogP contribution < -0.4 is 15.5 Å². The fourth-order valence-electron chi connectivity index (χ4n) is 4.44. The Bertz CT molecular complexity index is 945. The van der Waals surface area contributed by atoms with Crippen LogP contribution in [0.25, 0.3) is 6.08 Å². The first kappa shape index (κ1) is 21.7. The molecule has 0 aliphatic carbocycles. The van der Waals surface area contributed by atoms with E-state index in [2.05, 4.69) is 28.6 Å². The molecule has 8 nitrogen and oxygen atoms in total. The number of anilines is 2. The number of carbonyl (C=O) groups is 1. The van der Waals surface area contributed by atoms with Crippen molar-refractivity contribution in [3.8, 4) is 0 Å². The van der Waals surface area contributed by atoms with Gasteiger partial charge in [-0.05, 0) is 61.4 Å². The van der Waals surface area contributed by atoms with Crippen LogP contribution in [0.3, 0.4) is 0 Å². The van der Waals surface area contributed by atoms with E-state index in [0.717, 1.165) is 69.3 Å². The summed E-state index contributed by atoms with van der Waals surface area (Å²) in [6.45, 7) is 7.90. The molecule has 0 saturated carbocycles. The summed E-state index contributed by atoms with van der Waals surface area (Å²) in [5, 5.41) is 12.2. The molecule has 1 aromatic rings. The second-order valence-corrected chi connectivity index (χ2v) is 9.92. The first-order chi connectivity index (χ1) is 14.8. The number of piperidine rings is 2. The molecule has 0 atom stereocenters. The zero-order valence-corrected chi connectivity index (χ0v) is 18.9. The van der Waals surface area contributed by atoms with Crippen molar-refractivity contribution in [1.82, 2.24) is 0 Å². The first-order valence-corrected chi connectivity index (χ1v) is 11.7. The van der Waals surface area contributed by atoms with E-state index in [0.29, 0.717) is 28.0 Å². The molecule has 2 saturated heterocycles. The Morgan fingerprint density at radius 1 is 1.06 bits per heavy atom. The number of nitrogens with zero attached hydrogens (tertiary/aromatic N) is 4. The van der Waals surface area contributed by atoms with E-state index in [1.807, 2.05) is 6.07 Å². The van der Waals surface area contributed by atoms with Gasteiger partial charge in [0.15, 0.2) is 5.17 Å². The van der Waals surface area contributed by atoms with Crippen molar-refractivity contribution in [1.29, 1.82) is 0 Å². The van der Waals surface area contributed by atoms with E-state index in [9.17, 15) is 14.9 Å². The zero-order valence-electron chi connectivity index (χ0n) is 18.0. The SMILES string of the molecule is CC1CCN(c2cc(N3CCC(C)CC3)c([N+](=O)[O-])cc2/C=C2\SC(N)=NC2=O)CC1. The van der Waals surface area contributed by atoms with Gasteiger partial charge in [-0.25, -0.2) is 0 Å². The molecule has 4 rings (SSSR count). The summed E-state index contributed by atoms with van der Waals surface area (Å²) in [4.78, 5) is 32.5. The van der Waals surface area contributed by atoms with Crippen LogP contribution >= 0.6 is 11.8 Å².